The second-order valence-electron chi connectivity index (χ2n) is 3.34. The van der Waals surface area contributed by atoms with Crippen molar-refractivity contribution in [2.24, 2.45) is 0 Å². The number of aryl methyl sites for hydroxylation is 1. The van der Waals surface area contributed by atoms with Gasteiger partial charge in [0.25, 0.3) is 0 Å². The number of rotatable bonds is 2. The van der Waals surface area contributed by atoms with E-state index in [9.17, 15) is 4.39 Å². The molecule has 1 fully saturated rings. The molecule has 0 atom stereocenters. The monoisotopic (exact) mass is 181 g/mol. The van der Waals surface area contributed by atoms with Crippen LogP contribution in [0.1, 0.15) is 5.56 Å². The molecule has 0 aliphatic carbocycles. The predicted molar refractivity (Wildman–Crippen MR) is 49.4 cm³/mol. The van der Waals surface area contributed by atoms with E-state index in [-0.39, 0.29) is 5.82 Å². The summed E-state index contributed by atoms with van der Waals surface area (Å²) < 4.78 is 18.1. The van der Waals surface area contributed by atoms with E-state index < -0.39 is 0 Å². The Labute approximate surface area is 76.7 Å². The first kappa shape index (κ1) is 8.51. The van der Waals surface area contributed by atoms with Gasteiger partial charge in [0.15, 0.2) is 0 Å². The van der Waals surface area contributed by atoms with Gasteiger partial charge in [0.2, 0.25) is 0 Å². The van der Waals surface area contributed by atoms with Crippen molar-refractivity contribution >= 4 is 5.69 Å². The van der Waals surface area contributed by atoms with Gasteiger partial charge in [0.05, 0.1) is 19.3 Å². The van der Waals surface area contributed by atoms with Crippen LogP contribution >= 0.6 is 0 Å². The molecule has 1 heterocycles. The number of nitrogens with one attached hydrogen (secondary N) is 1. The molecule has 70 valence electrons. The first-order valence-electron chi connectivity index (χ1n) is 4.36. The van der Waals surface area contributed by atoms with Crippen LogP contribution < -0.4 is 5.32 Å². The molecule has 1 aliphatic heterocycles. The van der Waals surface area contributed by atoms with Gasteiger partial charge in [-0.15, -0.1) is 0 Å². The molecule has 2 nitrogen and oxygen atoms in total. The van der Waals surface area contributed by atoms with Crippen LogP contribution in [0, 0.1) is 12.7 Å². The first-order chi connectivity index (χ1) is 6.25. The first-order valence-corrected chi connectivity index (χ1v) is 4.36. The van der Waals surface area contributed by atoms with Crippen LogP contribution in [0.5, 0.6) is 0 Å². The molecule has 0 aromatic heterocycles. The number of anilines is 1. The van der Waals surface area contributed by atoms with Crippen LogP contribution in [0.25, 0.3) is 0 Å². The molecule has 0 unspecified atom stereocenters. The van der Waals surface area contributed by atoms with E-state index in [2.05, 4.69) is 5.32 Å². The summed E-state index contributed by atoms with van der Waals surface area (Å²) in [6.45, 7) is 3.19. The molecular formula is C10H12FNO. The van der Waals surface area contributed by atoms with Crippen molar-refractivity contribution in [2.45, 2.75) is 13.0 Å². The topological polar surface area (TPSA) is 21.3 Å². The second-order valence-corrected chi connectivity index (χ2v) is 3.34. The van der Waals surface area contributed by atoms with Crippen molar-refractivity contribution in [1.29, 1.82) is 0 Å². The summed E-state index contributed by atoms with van der Waals surface area (Å²) in [5.74, 6) is -0.162. The lowest BCUT2D eigenvalue weighted by molar-refractivity contribution is 0.0211. The van der Waals surface area contributed by atoms with E-state index in [1.807, 2.05) is 6.07 Å². The lowest BCUT2D eigenvalue weighted by atomic mass is 10.2. The van der Waals surface area contributed by atoms with Crippen LogP contribution in [0.3, 0.4) is 0 Å². The fourth-order valence-corrected chi connectivity index (χ4v) is 1.24. The van der Waals surface area contributed by atoms with Crippen molar-refractivity contribution < 1.29 is 9.13 Å². The smallest absolute Gasteiger partial charge is 0.128 e. The van der Waals surface area contributed by atoms with E-state index >= 15 is 0 Å². The summed E-state index contributed by atoms with van der Waals surface area (Å²) in [6, 6.07) is 5.53. The molecule has 3 heteroatoms. The summed E-state index contributed by atoms with van der Waals surface area (Å²) in [4.78, 5) is 0. The zero-order valence-corrected chi connectivity index (χ0v) is 7.51. The number of hydrogen-bond acceptors (Lipinski definition) is 2. The number of ether oxygens (including phenoxy) is 1. The molecule has 1 aliphatic rings. The highest BCUT2D eigenvalue weighted by atomic mass is 19.1. The zero-order chi connectivity index (χ0) is 9.26. The fourth-order valence-electron chi connectivity index (χ4n) is 1.24. The molecule has 1 aromatic rings. The van der Waals surface area contributed by atoms with Gasteiger partial charge in [-0.2, -0.15) is 0 Å². The van der Waals surface area contributed by atoms with Gasteiger partial charge in [-0.05, 0) is 24.6 Å². The van der Waals surface area contributed by atoms with E-state index in [1.165, 1.54) is 6.07 Å². The molecule has 1 N–H and O–H groups in total. The van der Waals surface area contributed by atoms with Gasteiger partial charge in [-0.3, -0.25) is 0 Å². The largest absolute Gasteiger partial charge is 0.378 e. The molecular weight excluding hydrogens is 169 g/mol. The van der Waals surface area contributed by atoms with E-state index in [4.69, 9.17) is 4.74 Å². The number of benzene rings is 1. The Morgan fingerprint density at radius 1 is 1.46 bits per heavy atom. The Hall–Kier alpha value is -1.09. The van der Waals surface area contributed by atoms with Gasteiger partial charge in [0, 0.05) is 5.69 Å². The van der Waals surface area contributed by atoms with Crippen molar-refractivity contribution in [1.82, 2.24) is 0 Å². The van der Waals surface area contributed by atoms with Crippen LogP contribution in [-0.4, -0.2) is 19.3 Å². The Morgan fingerprint density at radius 2 is 2.23 bits per heavy atom. The molecule has 0 amide bonds. The zero-order valence-electron chi connectivity index (χ0n) is 7.51. The van der Waals surface area contributed by atoms with Gasteiger partial charge < -0.3 is 10.1 Å². The maximum absolute atomic E-state index is 13.1. The Kier molecular flexibility index (Phi) is 2.19. The normalized spacial score (nSPS) is 16.8. The summed E-state index contributed by atoms with van der Waals surface area (Å²) >= 11 is 0. The summed E-state index contributed by atoms with van der Waals surface area (Å²) in [6.07, 6.45) is 0. The third kappa shape index (κ3) is 1.80. The van der Waals surface area contributed by atoms with Crippen molar-refractivity contribution in [3.8, 4) is 0 Å². The molecule has 0 radical (unpaired) electrons. The average molecular weight is 181 g/mol. The molecule has 1 saturated heterocycles. The lowest BCUT2D eigenvalue weighted by Crippen LogP contribution is -2.40. The highest BCUT2D eigenvalue weighted by Gasteiger charge is 2.17. The standard InChI is InChI=1S/C10H12FNO/c1-7-2-3-8(4-10(7)11)12-9-5-13-6-9/h2-4,9,12H,5-6H2,1H3. The van der Waals surface area contributed by atoms with Gasteiger partial charge in [0.1, 0.15) is 5.82 Å². The predicted octanol–water partition coefficient (Wildman–Crippen LogP) is 1.94. The number of halogens is 1. The molecule has 1 aromatic carbocycles. The van der Waals surface area contributed by atoms with E-state index in [1.54, 1.807) is 13.0 Å². The maximum Gasteiger partial charge on any atom is 0.128 e. The fraction of sp³-hybridized carbons (Fsp3) is 0.400. The SMILES string of the molecule is Cc1ccc(NC2COC2)cc1F. The van der Waals surface area contributed by atoms with Gasteiger partial charge >= 0.3 is 0 Å². The van der Waals surface area contributed by atoms with Gasteiger partial charge in [-0.1, -0.05) is 6.07 Å². The van der Waals surface area contributed by atoms with Gasteiger partial charge in [-0.25, -0.2) is 4.39 Å². The lowest BCUT2D eigenvalue weighted by Gasteiger charge is -2.27. The van der Waals surface area contributed by atoms with Crippen LogP contribution in [0.4, 0.5) is 10.1 Å². The molecule has 0 spiro atoms. The van der Waals surface area contributed by atoms with E-state index in [0.717, 1.165) is 18.9 Å². The summed E-state index contributed by atoms with van der Waals surface area (Å²) in [5, 5.41) is 3.18. The Morgan fingerprint density at radius 3 is 2.77 bits per heavy atom. The second kappa shape index (κ2) is 3.34. The van der Waals surface area contributed by atoms with Crippen molar-refractivity contribution in [2.75, 3.05) is 18.5 Å². The third-order valence-corrected chi connectivity index (χ3v) is 2.18. The highest BCUT2D eigenvalue weighted by Crippen LogP contribution is 2.16. The third-order valence-electron chi connectivity index (χ3n) is 2.18. The number of hydrogen-bond donors (Lipinski definition) is 1. The van der Waals surface area contributed by atoms with E-state index in [0.29, 0.717) is 11.6 Å². The highest BCUT2D eigenvalue weighted by molar-refractivity contribution is 5.46. The maximum atomic E-state index is 13.1. The molecule has 0 bridgehead atoms. The van der Waals surface area contributed by atoms with Crippen LogP contribution in [0.2, 0.25) is 0 Å². The van der Waals surface area contributed by atoms with Crippen LogP contribution in [-0.2, 0) is 4.74 Å². The minimum absolute atomic E-state index is 0.162. The van der Waals surface area contributed by atoms with Crippen molar-refractivity contribution in [3.63, 3.8) is 0 Å². The Balaban J connectivity index is 2.07. The molecule has 2 rings (SSSR count). The van der Waals surface area contributed by atoms with Crippen LogP contribution in [0.15, 0.2) is 18.2 Å². The average Bonchev–Trinajstić information content (AvgIpc) is 2.04. The molecule has 0 saturated carbocycles. The summed E-state index contributed by atoms with van der Waals surface area (Å²) in [5.41, 5.74) is 1.51. The Bertz CT molecular complexity index is 310. The minimum Gasteiger partial charge on any atom is -0.378 e. The summed E-state index contributed by atoms with van der Waals surface area (Å²) in [7, 11) is 0. The minimum atomic E-state index is -0.162. The molecule has 13 heavy (non-hydrogen) atoms. The quantitative estimate of drug-likeness (QED) is 0.752. The van der Waals surface area contributed by atoms with Crippen molar-refractivity contribution in [3.05, 3.63) is 29.6 Å².